The van der Waals surface area contributed by atoms with E-state index in [0.717, 1.165) is 6.07 Å². The largest absolute Gasteiger partial charge is 0.416 e. The number of nitrogens with zero attached hydrogens (tertiary/aromatic N) is 2. The molecule has 0 bridgehead atoms. The molecule has 2 aromatic rings. The second kappa shape index (κ2) is 4.45. The van der Waals surface area contributed by atoms with Crippen LogP contribution in [0.2, 0.25) is 0 Å². The molecule has 0 saturated heterocycles. The molecule has 1 aromatic heterocycles. The molecule has 0 fully saturated rings. The predicted molar refractivity (Wildman–Crippen MR) is 61.2 cm³/mol. The van der Waals surface area contributed by atoms with Gasteiger partial charge in [0.2, 0.25) is 0 Å². The summed E-state index contributed by atoms with van der Waals surface area (Å²) in [5.74, 6) is 0. The van der Waals surface area contributed by atoms with Gasteiger partial charge in [0.25, 0.3) is 0 Å². The average molecular weight is 255 g/mol. The fourth-order valence-corrected chi connectivity index (χ4v) is 1.77. The summed E-state index contributed by atoms with van der Waals surface area (Å²) in [7, 11) is 0. The Kier molecular flexibility index (Phi) is 3.13. The number of rotatable bonds is 2. The van der Waals surface area contributed by atoms with Crippen molar-refractivity contribution in [3.05, 3.63) is 47.5 Å². The Morgan fingerprint density at radius 3 is 2.67 bits per heavy atom. The van der Waals surface area contributed by atoms with Crippen molar-refractivity contribution in [2.24, 2.45) is 5.73 Å². The van der Waals surface area contributed by atoms with E-state index in [1.165, 1.54) is 25.5 Å². The molecular formula is C12H12F3N3. The molecule has 2 rings (SSSR count). The molecule has 0 atom stereocenters. The molecule has 18 heavy (non-hydrogen) atoms. The zero-order valence-electron chi connectivity index (χ0n) is 9.70. The van der Waals surface area contributed by atoms with Gasteiger partial charge in [0, 0.05) is 18.4 Å². The lowest BCUT2D eigenvalue weighted by atomic mass is 10.1. The second-order valence-corrected chi connectivity index (χ2v) is 3.96. The summed E-state index contributed by atoms with van der Waals surface area (Å²) in [6.07, 6.45) is -1.37. The SMILES string of the molecule is Cc1ccc(-n2cncc2CN)cc1C(F)(F)F. The topological polar surface area (TPSA) is 43.8 Å². The Bertz CT molecular complexity index is 558. The number of hydrogen-bond acceptors (Lipinski definition) is 2. The quantitative estimate of drug-likeness (QED) is 0.896. The maximum atomic E-state index is 12.8. The van der Waals surface area contributed by atoms with Crippen molar-refractivity contribution in [3.8, 4) is 5.69 Å². The summed E-state index contributed by atoms with van der Waals surface area (Å²) < 4.78 is 40.0. The van der Waals surface area contributed by atoms with Gasteiger partial charge in [-0.3, -0.25) is 0 Å². The van der Waals surface area contributed by atoms with E-state index in [-0.39, 0.29) is 12.1 Å². The number of benzene rings is 1. The zero-order chi connectivity index (χ0) is 13.3. The van der Waals surface area contributed by atoms with E-state index in [1.54, 1.807) is 10.6 Å². The first-order valence-electron chi connectivity index (χ1n) is 5.33. The first-order valence-corrected chi connectivity index (χ1v) is 5.33. The predicted octanol–water partition coefficient (Wildman–Crippen LogP) is 2.66. The van der Waals surface area contributed by atoms with Crippen LogP contribution in [-0.2, 0) is 12.7 Å². The standard InChI is InChI=1S/C12H12F3N3/c1-8-2-3-9(4-11(8)12(13,14)15)18-7-17-6-10(18)5-16/h2-4,6-7H,5,16H2,1H3. The van der Waals surface area contributed by atoms with E-state index in [1.807, 2.05) is 0 Å². The molecule has 0 amide bonds. The molecule has 3 nitrogen and oxygen atoms in total. The lowest BCUT2D eigenvalue weighted by Crippen LogP contribution is -2.10. The number of aryl methyl sites for hydroxylation is 1. The highest BCUT2D eigenvalue weighted by atomic mass is 19.4. The van der Waals surface area contributed by atoms with Gasteiger partial charge in [0.05, 0.1) is 17.6 Å². The summed E-state index contributed by atoms with van der Waals surface area (Å²) in [5, 5.41) is 0. The molecule has 0 saturated carbocycles. The van der Waals surface area contributed by atoms with Crippen LogP contribution in [0.5, 0.6) is 0 Å². The van der Waals surface area contributed by atoms with Gasteiger partial charge in [-0.1, -0.05) is 6.07 Å². The number of halogens is 3. The zero-order valence-corrected chi connectivity index (χ0v) is 9.70. The van der Waals surface area contributed by atoms with Crippen LogP contribution < -0.4 is 5.73 Å². The Hall–Kier alpha value is -1.82. The fraction of sp³-hybridized carbons (Fsp3) is 0.250. The highest BCUT2D eigenvalue weighted by Crippen LogP contribution is 2.33. The summed E-state index contributed by atoms with van der Waals surface area (Å²) in [4.78, 5) is 3.89. The van der Waals surface area contributed by atoms with Crippen molar-refractivity contribution >= 4 is 0 Å². The average Bonchev–Trinajstić information content (AvgIpc) is 2.76. The van der Waals surface area contributed by atoms with Gasteiger partial charge in [0.15, 0.2) is 0 Å². The van der Waals surface area contributed by atoms with Crippen LogP contribution in [0.25, 0.3) is 5.69 Å². The van der Waals surface area contributed by atoms with Crippen molar-refractivity contribution in [2.75, 3.05) is 0 Å². The van der Waals surface area contributed by atoms with Crippen molar-refractivity contribution in [1.29, 1.82) is 0 Å². The van der Waals surface area contributed by atoms with E-state index in [0.29, 0.717) is 11.4 Å². The van der Waals surface area contributed by atoms with Crippen LogP contribution >= 0.6 is 0 Å². The minimum absolute atomic E-state index is 0.195. The summed E-state index contributed by atoms with van der Waals surface area (Å²) in [6, 6.07) is 4.17. The Morgan fingerprint density at radius 1 is 1.33 bits per heavy atom. The highest BCUT2D eigenvalue weighted by Gasteiger charge is 2.32. The van der Waals surface area contributed by atoms with Crippen LogP contribution in [0.1, 0.15) is 16.8 Å². The number of nitrogens with two attached hydrogens (primary N) is 1. The van der Waals surface area contributed by atoms with Crippen LogP contribution in [0, 0.1) is 6.92 Å². The molecule has 1 aromatic carbocycles. The van der Waals surface area contributed by atoms with Gasteiger partial charge < -0.3 is 10.3 Å². The van der Waals surface area contributed by atoms with E-state index >= 15 is 0 Å². The van der Waals surface area contributed by atoms with Gasteiger partial charge >= 0.3 is 6.18 Å². The first kappa shape index (κ1) is 12.6. The summed E-state index contributed by atoms with van der Waals surface area (Å²) >= 11 is 0. The van der Waals surface area contributed by atoms with E-state index in [9.17, 15) is 13.2 Å². The molecular weight excluding hydrogens is 243 g/mol. The Balaban J connectivity index is 2.54. The Labute approximate surface area is 102 Å². The highest BCUT2D eigenvalue weighted by molar-refractivity contribution is 5.42. The van der Waals surface area contributed by atoms with Gasteiger partial charge in [-0.05, 0) is 24.6 Å². The van der Waals surface area contributed by atoms with E-state index in [4.69, 9.17) is 5.73 Å². The van der Waals surface area contributed by atoms with Crippen LogP contribution in [0.15, 0.2) is 30.7 Å². The molecule has 1 heterocycles. The molecule has 0 radical (unpaired) electrons. The van der Waals surface area contributed by atoms with Crippen LogP contribution in [0.3, 0.4) is 0 Å². The minimum atomic E-state index is -4.36. The monoisotopic (exact) mass is 255 g/mol. The minimum Gasteiger partial charge on any atom is -0.325 e. The molecule has 0 unspecified atom stereocenters. The lowest BCUT2D eigenvalue weighted by Gasteiger charge is -2.13. The fourth-order valence-electron chi connectivity index (χ4n) is 1.77. The van der Waals surface area contributed by atoms with Gasteiger partial charge in [-0.15, -0.1) is 0 Å². The van der Waals surface area contributed by atoms with Crippen LogP contribution in [0.4, 0.5) is 13.2 Å². The van der Waals surface area contributed by atoms with Gasteiger partial charge in [-0.2, -0.15) is 13.2 Å². The normalized spacial score (nSPS) is 11.8. The summed E-state index contributed by atoms with van der Waals surface area (Å²) in [5.41, 5.74) is 6.12. The molecule has 0 aliphatic heterocycles. The third kappa shape index (κ3) is 2.24. The first-order chi connectivity index (χ1) is 8.43. The van der Waals surface area contributed by atoms with Crippen molar-refractivity contribution in [2.45, 2.75) is 19.6 Å². The Morgan fingerprint density at radius 2 is 2.06 bits per heavy atom. The van der Waals surface area contributed by atoms with Gasteiger partial charge in [-0.25, -0.2) is 4.98 Å². The molecule has 96 valence electrons. The molecule has 0 spiro atoms. The van der Waals surface area contributed by atoms with Crippen molar-refractivity contribution in [1.82, 2.24) is 9.55 Å². The maximum absolute atomic E-state index is 12.8. The van der Waals surface area contributed by atoms with Gasteiger partial charge in [0.1, 0.15) is 0 Å². The molecule has 6 heteroatoms. The van der Waals surface area contributed by atoms with E-state index < -0.39 is 11.7 Å². The lowest BCUT2D eigenvalue weighted by molar-refractivity contribution is -0.138. The third-order valence-electron chi connectivity index (χ3n) is 2.73. The van der Waals surface area contributed by atoms with Crippen molar-refractivity contribution in [3.63, 3.8) is 0 Å². The number of alkyl halides is 3. The number of hydrogen-bond donors (Lipinski definition) is 1. The van der Waals surface area contributed by atoms with E-state index in [2.05, 4.69) is 4.98 Å². The van der Waals surface area contributed by atoms with Crippen LogP contribution in [-0.4, -0.2) is 9.55 Å². The second-order valence-electron chi connectivity index (χ2n) is 3.96. The summed E-state index contributed by atoms with van der Waals surface area (Å²) in [6.45, 7) is 1.65. The maximum Gasteiger partial charge on any atom is 0.416 e. The smallest absolute Gasteiger partial charge is 0.325 e. The molecule has 0 aliphatic rings. The molecule has 2 N–H and O–H groups in total. The number of imidazole rings is 1. The third-order valence-corrected chi connectivity index (χ3v) is 2.73. The molecule has 0 aliphatic carbocycles. The van der Waals surface area contributed by atoms with Crippen molar-refractivity contribution < 1.29 is 13.2 Å². The number of aromatic nitrogens is 2.